The Kier molecular flexibility index (Phi) is 8.53. The predicted molar refractivity (Wildman–Crippen MR) is 165 cm³/mol. The van der Waals surface area contributed by atoms with Crippen molar-refractivity contribution in [1.82, 2.24) is 14.8 Å². The molecule has 1 aromatic carbocycles. The fraction of sp³-hybridized carbons (Fsp3) is 0.625. The van der Waals surface area contributed by atoms with Crippen molar-refractivity contribution in [2.24, 2.45) is 11.1 Å². The fourth-order valence-corrected chi connectivity index (χ4v) is 10.1. The largest absolute Gasteiger partial charge is 0.382 e. The molecule has 10 nitrogen and oxygen atoms in total. The Bertz CT molecular complexity index is 1560. The lowest BCUT2D eigenvalue weighted by molar-refractivity contribution is -0.122. The molecule has 0 spiro atoms. The van der Waals surface area contributed by atoms with E-state index in [4.69, 9.17) is 10.5 Å². The third kappa shape index (κ3) is 6.25. The average Bonchev–Trinajstić information content (AvgIpc) is 3.52. The lowest BCUT2D eigenvalue weighted by atomic mass is 9.89. The van der Waals surface area contributed by atoms with E-state index in [2.05, 4.69) is 15.5 Å². The van der Waals surface area contributed by atoms with Crippen LogP contribution in [-0.4, -0.2) is 80.4 Å². The number of fused-ring (bicyclic) bond motifs is 3. The summed E-state index contributed by atoms with van der Waals surface area (Å²) in [5, 5.41) is 6.56. The number of aromatic nitrogens is 1. The molecule has 4 N–H and O–H groups in total. The van der Waals surface area contributed by atoms with Crippen molar-refractivity contribution in [3.8, 4) is 5.69 Å². The van der Waals surface area contributed by atoms with Crippen molar-refractivity contribution in [3.05, 3.63) is 40.5 Å². The van der Waals surface area contributed by atoms with E-state index >= 15 is 4.39 Å². The molecule has 0 bridgehead atoms. The van der Waals surface area contributed by atoms with E-state index in [0.717, 1.165) is 63.0 Å². The molecule has 0 radical (unpaired) electrons. The summed E-state index contributed by atoms with van der Waals surface area (Å²) >= 11 is 0. The maximum Gasteiger partial charge on any atom is 0.253 e. The van der Waals surface area contributed by atoms with Crippen LogP contribution in [0.25, 0.3) is 5.69 Å². The molecule has 2 amide bonds. The summed E-state index contributed by atoms with van der Waals surface area (Å²) in [6.45, 7) is 7.74. The molecule has 0 unspecified atom stereocenters. The number of hydrogen-bond donors (Lipinski definition) is 3. The highest BCUT2D eigenvalue weighted by Crippen LogP contribution is 2.45. The molecule has 2 fully saturated rings. The normalized spacial score (nSPS) is 24.3. The molecule has 44 heavy (non-hydrogen) atoms. The van der Waals surface area contributed by atoms with Gasteiger partial charge in [-0.05, 0) is 74.5 Å². The number of amides is 2. The van der Waals surface area contributed by atoms with Crippen LogP contribution in [0.15, 0.2) is 17.0 Å². The minimum atomic E-state index is -3.49. The van der Waals surface area contributed by atoms with Gasteiger partial charge in [-0.3, -0.25) is 14.5 Å². The maximum atomic E-state index is 15.7. The van der Waals surface area contributed by atoms with E-state index < -0.39 is 27.0 Å². The second-order valence-electron chi connectivity index (χ2n) is 13.7. The predicted octanol–water partition coefficient (Wildman–Crippen LogP) is 3.12. The zero-order valence-corrected chi connectivity index (χ0v) is 26.5. The molecule has 3 heterocycles. The van der Waals surface area contributed by atoms with E-state index in [1.807, 2.05) is 18.4 Å². The van der Waals surface area contributed by atoms with Gasteiger partial charge < -0.3 is 25.7 Å². The van der Waals surface area contributed by atoms with E-state index in [1.54, 1.807) is 6.07 Å². The average molecular weight is 630 g/mol. The molecule has 240 valence electrons. The van der Waals surface area contributed by atoms with Gasteiger partial charge in [0.15, 0.2) is 9.84 Å². The van der Waals surface area contributed by atoms with Crippen molar-refractivity contribution in [3.63, 3.8) is 0 Å². The Balaban J connectivity index is 1.20. The number of benzene rings is 1. The molecular formula is C32H44FN5O5S. The minimum absolute atomic E-state index is 0.0344. The monoisotopic (exact) mass is 629 g/mol. The van der Waals surface area contributed by atoms with Crippen molar-refractivity contribution >= 4 is 27.3 Å². The number of nitrogens with zero attached hydrogens (tertiary/aromatic N) is 2. The molecule has 12 heteroatoms. The quantitative estimate of drug-likeness (QED) is 0.408. The number of sulfone groups is 1. The SMILES string of the molecule is CC1(C)Cc2c(c3c(n2-c2cc(F)c(C(N)=O)c(NC4CCC(NC(=O)CCN5CCOCC5)CC4)c2)CCC3)S(=O)(=O)C1. The van der Waals surface area contributed by atoms with Gasteiger partial charge in [0.25, 0.3) is 5.91 Å². The Hall–Kier alpha value is -2.96. The number of halogens is 1. The van der Waals surface area contributed by atoms with Crippen LogP contribution in [0, 0.1) is 11.2 Å². The van der Waals surface area contributed by atoms with Crippen LogP contribution >= 0.6 is 0 Å². The third-order valence-electron chi connectivity index (χ3n) is 9.59. The summed E-state index contributed by atoms with van der Waals surface area (Å²) in [5.74, 6) is -1.46. The van der Waals surface area contributed by atoms with Crippen LogP contribution in [0.3, 0.4) is 0 Å². The van der Waals surface area contributed by atoms with Crippen molar-refractivity contribution in [2.75, 3.05) is 43.9 Å². The highest BCUT2D eigenvalue weighted by Gasteiger charge is 2.42. The first-order chi connectivity index (χ1) is 20.9. The van der Waals surface area contributed by atoms with E-state index in [1.165, 1.54) is 6.07 Å². The number of rotatable bonds is 8. The maximum absolute atomic E-state index is 15.7. The summed E-state index contributed by atoms with van der Waals surface area (Å²) in [7, 11) is -3.49. The van der Waals surface area contributed by atoms with Gasteiger partial charge in [-0.1, -0.05) is 13.8 Å². The zero-order chi connectivity index (χ0) is 31.2. The standard InChI is InChI=1S/C32H44FN5O5S/c1-32(2)18-27-30(44(41,42)19-32)23-4-3-5-26(23)38(27)22-16-24(33)29(31(34)40)25(17-22)35-20-6-8-21(9-7-20)36-28(39)10-11-37-12-14-43-15-13-37/h16-17,20-21,35H,3-15,18-19H2,1-2H3,(H2,34,40)(H,36,39). The number of morpholine rings is 1. The van der Waals surface area contributed by atoms with Crippen molar-refractivity contribution < 1.29 is 27.1 Å². The Labute approximate surface area is 258 Å². The highest BCUT2D eigenvalue weighted by atomic mass is 32.2. The van der Waals surface area contributed by atoms with E-state index in [9.17, 15) is 18.0 Å². The molecule has 1 aromatic heterocycles. The molecule has 4 aliphatic rings. The van der Waals surface area contributed by atoms with Gasteiger partial charge in [0, 0.05) is 49.5 Å². The second kappa shape index (κ2) is 12.1. The lowest BCUT2D eigenvalue weighted by Crippen LogP contribution is -2.42. The summed E-state index contributed by atoms with van der Waals surface area (Å²) in [6, 6.07) is 3.09. The van der Waals surface area contributed by atoms with Gasteiger partial charge in [0.05, 0.1) is 40.8 Å². The topological polar surface area (TPSA) is 136 Å². The molecule has 2 aliphatic heterocycles. The molecule has 2 aliphatic carbocycles. The van der Waals surface area contributed by atoms with Crippen LogP contribution in [-0.2, 0) is 38.6 Å². The number of ether oxygens (including phenoxy) is 1. The molecule has 6 rings (SSSR count). The first kappa shape index (κ1) is 31.0. The minimum Gasteiger partial charge on any atom is -0.382 e. The highest BCUT2D eigenvalue weighted by molar-refractivity contribution is 7.91. The Morgan fingerprint density at radius 1 is 1.07 bits per heavy atom. The third-order valence-corrected chi connectivity index (χ3v) is 11.9. The fourth-order valence-electron chi connectivity index (χ4n) is 7.66. The van der Waals surface area contributed by atoms with Gasteiger partial charge in [-0.25, -0.2) is 12.8 Å². The first-order valence-electron chi connectivity index (χ1n) is 15.9. The smallest absolute Gasteiger partial charge is 0.253 e. The number of nitrogens with one attached hydrogen (secondary N) is 2. The summed E-state index contributed by atoms with van der Waals surface area (Å²) < 4.78 is 49.9. The van der Waals surface area contributed by atoms with E-state index in [-0.39, 0.29) is 29.3 Å². The number of carbonyl (C=O) groups excluding carboxylic acids is 2. The second-order valence-corrected chi connectivity index (χ2v) is 15.6. The molecular weight excluding hydrogens is 585 g/mol. The van der Waals surface area contributed by atoms with Gasteiger partial charge in [0.2, 0.25) is 5.91 Å². The number of hydrogen-bond acceptors (Lipinski definition) is 7. The van der Waals surface area contributed by atoms with Gasteiger partial charge in [-0.2, -0.15) is 0 Å². The lowest BCUT2D eigenvalue weighted by Gasteiger charge is -2.32. The number of carbonyl (C=O) groups is 2. The van der Waals surface area contributed by atoms with Gasteiger partial charge in [0.1, 0.15) is 5.82 Å². The number of nitrogens with two attached hydrogens (primary N) is 1. The van der Waals surface area contributed by atoms with Crippen molar-refractivity contribution in [2.45, 2.75) is 88.6 Å². The van der Waals surface area contributed by atoms with Crippen LogP contribution in [0.2, 0.25) is 0 Å². The van der Waals surface area contributed by atoms with Crippen LogP contribution in [0.5, 0.6) is 0 Å². The zero-order valence-electron chi connectivity index (χ0n) is 25.7. The number of primary amides is 1. The van der Waals surface area contributed by atoms with Gasteiger partial charge in [-0.15, -0.1) is 0 Å². The summed E-state index contributed by atoms with van der Waals surface area (Å²) in [5.41, 5.74) is 8.30. The first-order valence-corrected chi connectivity index (χ1v) is 17.5. The summed E-state index contributed by atoms with van der Waals surface area (Å²) in [6.07, 6.45) is 6.25. The molecule has 1 saturated carbocycles. The Morgan fingerprint density at radius 3 is 2.48 bits per heavy atom. The molecule has 0 atom stereocenters. The summed E-state index contributed by atoms with van der Waals surface area (Å²) in [4.78, 5) is 27.7. The van der Waals surface area contributed by atoms with Crippen LogP contribution < -0.4 is 16.4 Å². The van der Waals surface area contributed by atoms with E-state index in [0.29, 0.717) is 60.9 Å². The van der Waals surface area contributed by atoms with Crippen LogP contribution in [0.1, 0.15) is 79.7 Å². The molecule has 2 aromatic rings. The Morgan fingerprint density at radius 2 is 1.77 bits per heavy atom. The van der Waals surface area contributed by atoms with Crippen LogP contribution in [0.4, 0.5) is 10.1 Å². The molecule has 1 saturated heterocycles. The van der Waals surface area contributed by atoms with Crippen molar-refractivity contribution in [1.29, 1.82) is 0 Å². The number of anilines is 1. The van der Waals surface area contributed by atoms with Gasteiger partial charge >= 0.3 is 0 Å².